The highest BCUT2D eigenvalue weighted by Crippen LogP contribution is 2.29. The molecule has 0 unspecified atom stereocenters. The monoisotopic (exact) mass is 318 g/mol. The molecule has 24 heavy (non-hydrogen) atoms. The molecule has 2 heterocycles. The highest BCUT2D eigenvalue weighted by atomic mass is 16.5. The van der Waals surface area contributed by atoms with E-state index >= 15 is 0 Å². The van der Waals surface area contributed by atoms with Crippen molar-refractivity contribution >= 4 is 16.6 Å². The Morgan fingerprint density at radius 1 is 1.17 bits per heavy atom. The van der Waals surface area contributed by atoms with Crippen molar-refractivity contribution in [2.45, 2.75) is 20.4 Å². The van der Waals surface area contributed by atoms with Crippen LogP contribution in [-0.4, -0.2) is 17.1 Å². The molecule has 0 aliphatic heterocycles. The molecule has 3 aromatic rings. The summed E-state index contributed by atoms with van der Waals surface area (Å²) in [6.07, 6.45) is 3.39. The minimum absolute atomic E-state index is 0.536. The number of benzene rings is 1. The Morgan fingerprint density at radius 2 is 2.00 bits per heavy atom. The van der Waals surface area contributed by atoms with E-state index in [4.69, 9.17) is 4.74 Å². The van der Waals surface area contributed by atoms with Crippen LogP contribution in [0.5, 0.6) is 5.88 Å². The normalized spacial score (nSPS) is 10.4. The zero-order chi connectivity index (χ0) is 17.1. The van der Waals surface area contributed by atoms with Gasteiger partial charge in [-0.2, -0.15) is 5.26 Å². The number of fused-ring (bicyclic) bond motifs is 1. The third kappa shape index (κ3) is 2.99. The van der Waals surface area contributed by atoms with Crippen molar-refractivity contribution in [2.24, 2.45) is 0 Å². The number of nitrogens with one attached hydrogen (secondary N) is 1. The van der Waals surface area contributed by atoms with Crippen LogP contribution in [0.2, 0.25) is 0 Å². The van der Waals surface area contributed by atoms with Crippen LogP contribution in [-0.2, 0) is 6.54 Å². The lowest BCUT2D eigenvalue weighted by atomic mass is 10.0. The maximum Gasteiger partial charge on any atom is 0.212 e. The van der Waals surface area contributed by atoms with Gasteiger partial charge >= 0.3 is 0 Å². The molecule has 0 aliphatic rings. The fourth-order valence-electron chi connectivity index (χ4n) is 2.76. The zero-order valence-corrected chi connectivity index (χ0v) is 13.9. The molecule has 0 fully saturated rings. The number of nitriles is 1. The first kappa shape index (κ1) is 15.8. The second-order valence-electron chi connectivity index (χ2n) is 5.70. The van der Waals surface area contributed by atoms with Crippen LogP contribution in [0.15, 0.2) is 36.7 Å². The van der Waals surface area contributed by atoms with Gasteiger partial charge in [0.15, 0.2) is 0 Å². The number of anilines is 1. The van der Waals surface area contributed by atoms with Gasteiger partial charge in [-0.05, 0) is 31.0 Å². The van der Waals surface area contributed by atoms with Gasteiger partial charge in [0.2, 0.25) is 5.88 Å². The Labute approximate surface area is 140 Å². The van der Waals surface area contributed by atoms with E-state index in [0.29, 0.717) is 18.0 Å². The lowest BCUT2D eigenvalue weighted by Crippen LogP contribution is -2.04. The molecule has 0 aliphatic carbocycles. The Morgan fingerprint density at radius 3 is 2.67 bits per heavy atom. The predicted octanol–water partition coefficient (Wildman–Crippen LogP) is 3.74. The number of aromatic nitrogens is 2. The van der Waals surface area contributed by atoms with Crippen molar-refractivity contribution in [3.63, 3.8) is 0 Å². The third-order valence-electron chi connectivity index (χ3n) is 3.90. The number of nitrogens with zero attached hydrogens (tertiary/aromatic N) is 3. The van der Waals surface area contributed by atoms with Crippen molar-refractivity contribution in [1.82, 2.24) is 9.97 Å². The Hall–Kier alpha value is -3.13. The quantitative estimate of drug-likeness (QED) is 0.793. The largest absolute Gasteiger partial charge is 0.481 e. The van der Waals surface area contributed by atoms with Crippen LogP contribution in [0, 0.1) is 25.2 Å². The van der Waals surface area contributed by atoms with Crippen molar-refractivity contribution in [1.29, 1.82) is 5.26 Å². The molecule has 1 N–H and O–H groups in total. The molecular formula is C19H18N4O. The van der Waals surface area contributed by atoms with Crippen LogP contribution in [0.25, 0.3) is 10.9 Å². The first-order valence-electron chi connectivity index (χ1n) is 7.65. The molecule has 0 saturated carbocycles. The molecular weight excluding hydrogens is 300 g/mol. The first-order valence-corrected chi connectivity index (χ1v) is 7.65. The average Bonchev–Trinajstić information content (AvgIpc) is 2.60. The van der Waals surface area contributed by atoms with Crippen LogP contribution in [0.1, 0.15) is 22.3 Å². The van der Waals surface area contributed by atoms with E-state index in [2.05, 4.69) is 33.5 Å². The number of aryl methyl sites for hydroxylation is 2. The zero-order valence-electron chi connectivity index (χ0n) is 13.9. The molecule has 5 heteroatoms. The first-order chi connectivity index (χ1) is 11.6. The summed E-state index contributed by atoms with van der Waals surface area (Å²) >= 11 is 0. The van der Waals surface area contributed by atoms with Crippen LogP contribution >= 0.6 is 0 Å². The average molecular weight is 318 g/mol. The fourth-order valence-corrected chi connectivity index (χ4v) is 2.76. The minimum Gasteiger partial charge on any atom is -0.481 e. The highest BCUT2D eigenvalue weighted by molar-refractivity contribution is 5.96. The van der Waals surface area contributed by atoms with Crippen LogP contribution in [0.3, 0.4) is 0 Å². The number of rotatable bonds is 4. The molecule has 120 valence electrons. The summed E-state index contributed by atoms with van der Waals surface area (Å²) in [5.74, 6) is 0.581. The van der Waals surface area contributed by atoms with Crippen molar-refractivity contribution in [3.05, 3.63) is 58.9 Å². The van der Waals surface area contributed by atoms with Crippen molar-refractivity contribution < 1.29 is 4.74 Å². The van der Waals surface area contributed by atoms with Gasteiger partial charge in [0.1, 0.15) is 6.07 Å². The number of hydrogen-bond acceptors (Lipinski definition) is 5. The molecule has 2 aromatic heterocycles. The van der Waals surface area contributed by atoms with E-state index in [9.17, 15) is 5.26 Å². The lowest BCUT2D eigenvalue weighted by molar-refractivity contribution is 0.397. The van der Waals surface area contributed by atoms with Gasteiger partial charge in [-0.1, -0.05) is 17.7 Å². The maximum absolute atomic E-state index is 9.42. The molecule has 0 atom stereocenters. The fraction of sp³-hybridized carbons (Fsp3) is 0.211. The molecule has 5 nitrogen and oxygen atoms in total. The van der Waals surface area contributed by atoms with E-state index in [0.717, 1.165) is 33.3 Å². The van der Waals surface area contributed by atoms with Gasteiger partial charge in [-0.25, -0.2) is 4.98 Å². The summed E-state index contributed by atoms with van der Waals surface area (Å²) in [6, 6.07) is 10.1. The molecule has 3 rings (SSSR count). The molecule has 0 amide bonds. The minimum atomic E-state index is 0.536. The molecule has 0 radical (unpaired) electrons. The lowest BCUT2D eigenvalue weighted by Gasteiger charge is -2.13. The smallest absolute Gasteiger partial charge is 0.212 e. The predicted molar refractivity (Wildman–Crippen MR) is 94.0 cm³/mol. The molecule has 0 saturated heterocycles. The second kappa shape index (κ2) is 6.55. The molecule has 0 spiro atoms. The van der Waals surface area contributed by atoms with Gasteiger partial charge < -0.3 is 10.1 Å². The highest BCUT2D eigenvalue weighted by Gasteiger charge is 2.11. The standard InChI is InChI=1S/C19H18N4O/c1-12-6-13(2)18-16(7-12)19(15(8-20)11-23-18)22-10-14-4-5-17(24-3)21-9-14/h4-7,9,11H,10H2,1-3H3,(H,22,23). The summed E-state index contributed by atoms with van der Waals surface area (Å²) in [5, 5.41) is 13.8. The third-order valence-corrected chi connectivity index (χ3v) is 3.90. The van der Waals surface area contributed by atoms with E-state index < -0.39 is 0 Å². The van der Waals surface area contributed by atoms with Gasteiger partial charge in [0.25, 0.3) is 0 Å². The summed E-state index contributed by atoms with van der Waals surface area (Å²) < 4.78 is 5.07. The summed E-state index contributed by atoms with van der Waals surface area (Å²) in [4.78, 5) is 8.64. The van der Waals surface area contributed by atoms with Crippen LogP contribution in [0.4, 0.5) is 5.69 Å². The summed E-state index contributed by atoms with van der Waals surface area (Å²) in [6.45, 7) is 4.64. The molecule has 0 bridgehead atoms. The van der Waals surface area contributed by atoms with Crippen LogP contribution < -0.4 is 10.1 Å². The topological polar surface area (TPSA) is 70.8 Å². The Kier molecular flexibility index (Phi) is 4.30. The second-order valence-corrected chi connectivity index (χ2v) is 5.70. The number of pyridine rings is 2. The van der Waals surface area contributed by atoms with E-state index in [1.807, 2.05) is 26.0 Å². The van der Waals surface area contributed by atoms with Crippen molar-refractivity contribution in [3.8, 4) is 11.9 Å². The number of ether oxygens (including phenoxy) is 1. The van der Waals surface area contributed by atoms with E-state index in [1.165, 1.54) is 0 Å². The number of hydrogen-bond donors (Lipinski definition) is 1. The maximum atomic E-state index is 9.42. The SMILES string of the molecule is COc1ccc(CNc2c(C#N)cnc3c(C)cc(C)cc23)cn1. The van der Waals surface area contributed by atoms with Gasteiger partial charge in [-0.3, -0.25) is 4.98 Å². The van der Waals surface area contributed by atoms with Gasteiger partial charge in [-0.15, -0.1) is 0 Å². The van der Waals surface area contributed by atoms with Crippen molar-refractivity contribution in [2.75, 3.05) is 12.4 Å². The Balaban J connectivity index is 1.99. The molecule has 1 aromatic carbocycles. The summed E-state index contributed by atoms with van der Waals surface area (Å²) in [5.41, 5.74) is 5.51. The summed E-state index contributed by atoms with van der Waals surface area (Å²) in [7, 11) is 1.59. The van der Waals surface area contributed by atoms with Gasteiger partial charge in [0.05, 0.1) is 23.9 Å². The van der Waals surface area contributed by atoms with Gasteiger partial charge in [0, 0.05) is 30.4 Å². The number of methoxy groups -OCH3 is 1. The van der Waals surface area contributed by atoms with E-state index in [-0.39, 0.29) is 0 Å². The van der Waals surface area contributed by atoms with E-state index in [1.54, 1.807) is 19.5 Å². The Bertz CT molecular complexity index is 927.